The first-order valence-corrected chi connectivity index (χ1v) is 7.96. The van der Waals surface area contributed by atoms with Gasteiger partial charge in [-0.2, -0.15) is 10.1 Å². The number of benzene rings is 2. The first-order valence-electron chi connectivity index (χ1n) is 7.96. The van der Waals surface area contributed by atoms with Gasteiger partial charge in [0.2, 0.25) is 0 Å². The highest BCUT2D eigenvalue weighted by Gasteiger charge is 2.32. The minimum atomic E-state index is -0.420. The monoisotopic (exact) mass is 333 g/mol. The molecule has 0 radical (unpaired) electrons. The lowest BCUT2D eigenvalue weighted by Crippen LogP contribution is -2.29. The summed E-state index contributed by atoms with van der Waals surface area (Å²) in [5.74, 6) is -0.820. The average Bonchev–Trinajstić information content (AvgIpc) is 2.90. The fourth-order valence-corrected chi connectivity index (χ4v) is 2.56. The Morgan fingerprint density at radius 2 is 1.68 bits per heavy atom. The second-order valence-corrected chi connectivity index (χ2v) is 6.02. The zero-order valence-electron chi connectivity index (χ0n) is 14.4. The van der Waals surface area contributed by atoms with Gasteiger partial charge in [0.05, 0.1) is 11.3 Å². The van der Waals surface area contributed by atoms with Crippen molar-refractivity contribution in [2.24, 2.45) is 5.10 Å². The molecule has 126 valence electrons. The molecule has 5 nitrogen and oxygen atoms in total. The van der Waals surface area contributed by atoms with Gasteiger partial charge in [-0.05, 0) is 42.8 Å². The fourth-order valence-electron chi connectivity index (χ4n) is 2.56. The fraction of sp³-hybridized carbons (Fsp3) is 0.150. The summed E-state index contributed by atoms with van der Waals surface area (Å²) in [6, 6.07) is 16.5. The van der Waals surface area contributed by atoms with E-state index >= 15 is 0 Å². The van der Waals surface area contributed by atoms with Crippen LogP contribution < -0.4 is 4.90 Å². The average molecular weight is 333 g/mol. The summed E-state index contributed by atoms with van der Waals surface area (Å²) >= 11 is 0. The van der Waals surface area contributed by atoms with Crippen molar-refractivity contribution in [2.75, 3.05) is 19.0 Å². The van der Waals surface area contributed by atoms with Crippen molar-refractivity contribution in [2.45, 2.75) is 6.92 Å². The predicted molar refractivity (Wildman–Crippen MR) is 99.5 cm³/mol. The third-order valence-corrected chi connectivity index (χ3v) is 4.00. The van der Waals surface area contributed by atoms with Gasteiger partial charge in [0.25, 0.3) is 11.8 Å². The predicted octanol–water partition coefficient (Wildman–Crippen LogP) is 3.19. The van der Waals surface area contributed by atoms with Gasteiger partial charge >= 0.3 is 0 Å². The standard InChI is InChI=1S/C20H19N3O2/c1-14-18(13-15-9-11-17(12-10-15)22(2)3)20(25)23(21-14)19(24)16-7-5-4-6-8-16/h4-13H,1-3H3/b18-13-. The van der Waals surface area contributed by atoms with Crippen molar-refractivity contribution >= 4 is 29.3 Å². The molecule has 3 rings (SSSR count). The number of hydrogen-bond donors (Lipinski definition) is 0. The van der Waals surface area contributed by atoms with Crippen molar-refractivity contribution in [1.29, 1.82) is 0 Å². The van der Waals surface area contributed by atoms with E-state index in [0.29, 0.717) is 16.8 Å². The number of carbonyl (C=O) groups is 2. The lowest BCUT2D eigenvalue weighted by atomic mass is 10.1. The van der Waals surface area contributed by atoms with E-state index in [1.807, 2.05) is 49.3 Å². The number of hydrogen-bond acceptors (Lipinski definition) is 4. The van der Waals surface area contributed by atoms with E-state index in [9.17, 15) is 9.59 Å². The molecule has 0 bridgehead atoms. The van der Waals surface area contributed by atoms with E-state index in [4.69, 9.17) is 0 Å². The second kappa shape index (κ2) is 6.73. The van der Waals surface area contributed by atoms with E-state index in [-0.39, 0.29) is 0 Å². The summed E-state index contributed by atoms with van der Waals surface area (Å²) < 4.78 is 0. The molecule has 5 heteroatoms. The van der Waals surface area contributed by atoms with Crippen LogP contribution >= 0.6 is 0 Å². The number of hydrazone groups is 1. The van der Waals surface area contributed by atoms with E-state index < -0.39 is 11.8 Å². The maximum Gasteiger partial charge on any atom is 0.283 e. The largest absolute Gasteiger partial charge is 0.378 e. The third-order valence-electron chi connectivity index (χ3n) is 4.00. The number of anilines is 1. The molecule has 0 saturated carbocycles. The van der Waals surface area contributed by atoms with Crippen molar-refractivity contribution < 1.29 is 9.59 Å². The van der Waals surface area contributed by atoms with Gasteiger partial charge in [-0.1, -0.05) is 30.3 Å². The second-order valence-electron chi connectivity index (χ2n) is 6.02. The Bertz CT molecular complexity index is 866. The minimum absolute atomic E-state index is 0.400. The Labute approximate surface area is 146 Å². The molecule has 0 spiro atoms. The number of rotatable bonds is 3. The van der Waals surface area contributed by atoms with E-state index in [0.717, 1.165) is 16.3 Å². The van der Waals surface area contributed by atoms with Gasteiger partial charge in [-0.15, -0.1) is 0 Å². The van der Waals surface area contributed by atoms with Crippen LogP contribution in [-0.2, 0) is 4.79 Å². The molecule has 2 amide bonds. The highest BCUT2D eigenvalue weighted by Crippen LogP contribution is 2.21. The zero-order valence-corrected chi connectivity index (χ0v) is 14.4. The number of imide groups is 1. The molecule has 25 heavy (non-hydrogen) atoms. The van der Waals surface area contributed by atoms with Crippen molar-refractivity contribution in [3.63, 3.8) is 0 Å². The smallest absolute Gasteiger partial charge is 0.283 e. The zero-order chi connectivity index (χ0) is 18.0. The van der Waals surface area contributed by atoms with Crippen molar-refractivity contribution in [3.05, 3.63) is 71.3 Å². The Morgan fingerprint density at radius 1 is 1.04 bits per heavy atom. The Hall–Kier alpha value is -3.21. The molecule has 2 aromatic carbocycles. The van der Waals surface area contributed by atoms with Crippen LogP contribution in [0.4, 0.5) is 5.69 Å². The molecule has 0 unspecified atom stereocenters. The highest BCUT2D eigenvalue weighted by atomic mass is 16.2. The van der Waals surface area contributed by atoms with Crippen LogP contribution in [0, 0.1) is 0 Å². The van der Waals surface area contributed by atoms with Crippen molar-refractivity contribution in [3.8, 4) is 0 Å². The molecule has 0 N–H and O–H groups in total. The first kappa shape index (κ1) is 16.6. The van der Waals surface area contributed by atoms with Crippen molar-refractivity contribution in [1.82, 2.24) is 5.01 Å². The van der Waals surface area contributed by atoms with Crippen LogP contribution in [0.5, 0.6) is 0 Å². The highest BCUT2D eigenvalue weighted by molar-refractivity contribution is 6.30. The van der Waals surface area contributed by atoms with Gasteiger partial charge in [-0.3, -0.25) is 9.59 Å². The first-order chi connectivity index (χ1) is 12.0. The number of nitrogens with zero attached hydrogens (tertiary/aromatic N) is 3. The van der Waals surface area contributed by atoms with Crippen LogP contribution in [0.15, 0.2) is 65.3 Å². The summed E-state index contributed by atoms with van der Waals surface area (Å²) in [5, 5.41) is 5.08. The number of carbonyl (C=O) groups excluding carboxylic acids is 2. The molecular formula is C20H19N3O2. The topological polar surface area (TPSA) is 53.0 Å². The molecular weight excluding hydrogens is 314 g/mol. The Balaban J connectivity index is 1.86. The maximum absolute atomic E-state index is 12.6. The van der Waals surface area contributed by atoms with E-state index in [1.165, 1.54) is 0 Å². The molecule has 0 fully saturated rings. The summed E-state index contributed by atoms with van der Waals surface area (Å²) in [5.41, 5.74) is 3.36. The normalized spacial score (nSPS) is 15.5. The lowest BCUT2D eigenvalue weighted by Gasteiger charge is -2.12. The molecule has 1 heterocycles. The van der Waals surface area contributed by atoms with Gasteiger partial charge in [0.1, 0.15) is 0 Å². The third kappa shape index (κ3) is 3.35. The Kier molecular flexibility index (Phi) is 4.48. The van der Waals surface area contributed by atoms with Crippen LogP contribution in [0.2, 0.25) is 0 Å². The summed E-state index contributed by atoms with van der Waals surface area (Å²) in [6.45, 7) is 1.73. The molecule has 0 aliphatic carbocycles. The lowest BCUT2D eigenvalue weighted by molar-refractivity contribution is -0.123. The molecule has 1 aliphatic rings. The van der Waals surface area contributed by atoms with Crippen LogP contribution in [0.3, 0.4) is 0 Å². The van der Waals surface area contributed by atoms with Crippen LogP contribution in [-0.4, -0.2) is 36.6 Å². The van der Waals surface area contributed by atoms with E-state index in [2.05, 4.69) is 5.10 Å². The molecule has 0 atom stereocenters. The van der Waals surface area contributed by atoms with Gasteiger partial charge in [-0.25, -0.2) is 0 Å². The maximum atomic E-state index is 12.6. The summed E-state index contributed by atoms with van der Waals surface area (Å²) in [6.07, 6.45) is 1.76. The van der Waals surface area contributed by atoms with Gasteiger partial charge < -0.3 is 4.90 Å². The Morgan fingerprint density at radius 3 is 2.28 bits per heavy atom. The van der Waals surface area contributed by atoms with Gasteiger partial charge in [0.15, 0.2) is 0 Å². The van der Waals surface area contributed by atoms with Crippen LogP contribution in [0.1, 0.15) is 22.8 Å². The number of amides is 2. The van der Waals surface area contributed by atoms with E-state index in [1.54, 1.807) is 37.3 Å². The van der Waals surface area contributed by atoms with Gasteiger partial charge in [0, 0.05) is 25.3 Å². The van der Waals surface area contributed by atoms with Crippen LogP contribution in [0.25, 0.3) is 6.08 Å². The summed E-state index contributed by atoms with van der Waals surface area (Å²) in [7, 11) is 3.94. The molecule has 2 aromatic rings. The molecule has 0 saturated heterocycles. The minimum Gasteiger partial charge on any atom is -0.378 e. The molecule has 1 aliphatic heterocycles. The molecule has 0 aromatic heterocycles. The SMILES string of the molecule is CC1=NN(C(=O)c2ccccc2)C(=O)/C1=C\c1ccc(N(C)C)cc1. The quantitative estimate of drug-likeness (QED) is 0.640. The summed E-state index contributed by atoms with van der Waals surface area (Å²) in [4.78, 5) is 27.1.